The minimum absolute atomic E-state index is 0.116. The van der Waals surface area contributed by atoms with E-state index >= 15 is 0 Å². The van der Waals surface area contributed by atoms with Crippen molar-refractivity contribution in [2.45, 2.75) is 60.8 Å². The Morgan fingerprint density at radius 1 is 1.20 bits per heavy atom. The van der Waals surface area contributed by atoms with Crippen LogP contribution in [0.3, 0.4) is 0 Å². The molecule has 2 aromatic rings. The summed E-state index contributed by atoms with van der Waals surface area (Å²) in [5, 5.41) is 1.20. The number of hydrogen-bond donors (Lipinski definition) is 0. The summed E-state index contributed by atoms with van der Waals surface area (Å²) in [7, 11) is 0. The molecule has 0 aliphatic heterocycles. The Kier molecular flexibility index (Phi) is 7.02. The predicted octanol–water partition coefficient (Wildman–Crippen LogP) is 7.87. The summed E-state index contributed by atoms with van der Waals surface area (Å²) in [6.07, 6.45) is 10.6. The molecule has 1 aliphatic rings. The quantitative estimate of drug-likeness (QED) is 0.435. The van der Waals surface area contributed by atoms with Gasteiger partial charge < -0.3 is 4.90 Å². The number of amides is 1. The SMILES string of the molecule is CCN(CC)C(=O)c1ccc2cc(/C=C(C)/C=C/C3=C(C)CCCC3(C)C)sc2c1. The Balaban J connectivity index is 1.83. The van der Waals surface area contributed by atoms with Crippen LogP contribution in [0.5, 0.6) is 0 Å². The van der Waals surface area contributed by atoms with E-state index in [9.17, 15) is 4.79 Å². The molecule has 0 bridgehead atoms. The fourth-order valence-corrected chi connectivity index (χ4v) is 5.56. The van der Waals surface area contributed by atoms with Gasteiger partial charge in [-0.25, -0.2) is 0 Å². The van der Waals surface area contributed by atoms with Crippen LogP contribution >= 0.6 is 11.3 Å². The van der Waals surface area contributed by atoms with Gasteiger partial charge in [-0.1, -0.05) is 37.6 Å². The van der Waals surface area contributed by atoms with E-state index in [4.69, 9.17) is 0 Å². The highest BCUT2D eigenvalue weighted by atomic mass is 32.1. The molecule has 0 unspecified atom stereocenters. The highest BCUT2D eigenvalue weighted by Gasteiger charge is 2.26. The van der Waals surface area contributed by atoms with Crippen molar-refractivity contribution >= 4 is 33.4 Å². The lowest BCUT2D eigenvalue weighted by Gasteiger charge is -2.32. The number of benzene rings is 1. The molecule has 1 aliphatic carbocycles. The van der Waals surface area contributed by atoms with E-state index in [0.717, 1.165) is 18.7 Å². The molecule has 0 saturated heterocycles. The summed E-state index contributed by atoms with van der Waals surface area (Å²) in [6, 6.07) is 8.29. The van der Waals surface area contributed by atoms with Gasteiger partial charge in [-0.2, -0.15) is 0 Å². The van der Waals surface area contributed by atoms with E-state index in [2.05, 4.69) is 58.1 Å². The molecular formula is C27H35NOS. The monoisotopic (exact) mass is 421 g/mol. The topological polar surface area (TPSA) is 20.3 Å². The number of fused-ring (bicyclic) bond motifs is 1. The van der Waals surface area contributed by atoms with Crippen LogP contribution in [0.1, 0.15) is 76.0 Å². The summed E-state index contributed by atoms with van der Waals surface area (Å²) < 4.78 is 1.17. The summed E-state index contributed by atoms with van der Waals surface area (Å²) in [6.45, 7) is 14.7. The van der Waals surface area contributed by atoms with Gasteiger partial charge in [0.25, 0.3) is 5.91 Å². The van der Waals surface area contributed by atoms with Gasteiger partial charge in [-0.05, 0) is 93.2 Å². The summed E-state index contributed by atoms with van der Waals surface area (Å²) in [5.74, 6) is 0.116. The van der Waals surface area contributed by atoms with Crippen molar-refractivity contribution < 1.29 is 4.79 Å². The Labute approximate surface area is 186 Å². The molecule has 30 heavy (non-hydrogen) atoms. The average molecular weight is 422 g/mol. The van der Waals surface area contributed by atoms with Gasteiger partial charge in [0.1, 0.15) is 0 Å². The molecule has 0 N–H and O–H groups in total. The van der Waals surface area contributed by atoms with Crippen molar-refractivity contribution in [3.8, 4) is 0 Å². The van der Waals surface area contributed by atoms with Crippen LogP contribution in [-0.4, -0.2) is 23.9 Å². The van der Waals surface area contributed by atoms with Gasteiger partial charge >= 0.3 is 0 Å². The maximum Gasteiger partial charge on any atom is 0.253 e. The molecular weight excluding hydrogens is 386 g/mol. The minimum atomic E-state index is 0.116. The van der Waals surface area contributed by atoms with Crippen LogP contribution in [0.4, 0.5) is 0 Å². The third-order valence-corrected chi connectivity index (χ3v) is 7.31. The fraction of sp³-hybridized carbons (Fsp3) is 0.444. The third kappa shape index (κ3) is 4.95. The number of carbonyl (C=O) groups excluding carboxylic acids is 1. The van der Waals surface area contributed by atoms with E-state index < -0.39 is 0 Å². The zero-order valence-corrected chi connectivity index (χ0v) is 20.2. The van der Waals surface area contributed by atoms with E-state index in [1.165, 1.54) is 50.9 Å². The largest absolute Gasteiger partial charge is 0.339 e. The lowest BCUT2D eigenvalue weighted by atomic mass is 9.72. The van der Waals surface area contributed by atoms with E-state index in [-0.39, 0.29) is 11.3 Å². The van der Waals surface area contributed by atoms with Crippen LogP contribution in [0.25, 0.3) is 16.2 Å². The number of nitrogens with zero attached hydrogens (tertiary/aromatic N) is 1. The van der Waals surface area contributed by atoms with Crippen LogP contribution in [0, 0.1) is 5.41 Å². The van der Waals surface area contributed by atoms with Gasteiger partial charge in [0.05, 0.1) is 0 Å². The molecule has 1 heterocycles. The molecule has 0 fully saturated rings. The van der Waals surface area contributed by atoms with Gasteiger partial charge in [-0.15, -0.1) is 11.3 Å². The maximum absolute atomic E-state index is 12.7. The highest BCUT2D eigenvalue weighted by Crippen LogP contribution is 2.41. The average Bonchev–Trinajstić information content (AvgIpc) is 3.09. The normalized spacial score (nSPS) is 17.2. The number of allylic oxidation sites excluding steroid dienone is 5. The van der Waals surface area contributed by atoms with Crippen molar-refractivity contribution in [3.63, 3.8) is 0 Å². The van der Waals surface area contributed by atoms with Crippen LogP contribution < -0.4 is 0 Å². The summed E-state index contributed by atoms with van der Waals surface area (Å²) in [5.41, 5.74) is 5.33. The summed E-state index contributed by atoms with van der Waals surface area (Å²) >= 11 is 1.75. The van der Waals surface area contributed by atoms with Gasteiger partial charge in [0, 0.05) is 28.2 Å². The minimum Gasteiger partial charge on any atom is -0.339 e. The molecule has 0 radical (unpaired) electrons. The van der Waals surface area contributed by atoms with Gasteiger partial charge in [-0.3, -0.25) is 4.79 Å². The number of carbonyl (C=O) groups is 1. The van der Waals surface area contributed by atoms with Crippen molar-refractivity contribution in [1.29, 1.82) is 0 Å². The first-order valence-electron chi connectivity index (χ1n) is 11.1. The van der Waals surface area contributed by atoms with Crippen molar-refractivity contribution in [2.75, 3.05) is 13.1 Å². The maximum atomic E-state index is 12.7. The molecule has 0 saturated carbocycles. The molecule has 3 heteroatoms. The molecule has 160 valence electrons. The second-order valence-corrected chi connectivity index (χ2v) is 10.1. The molecule has 1 aromatic carbocycles. The first-order chi connectivity index (χ1) is 14.2. The zero-order valence-electron chi connectivity index (χ0n) is 19.3. The number of hydrogen-bond acceptors (Lipinski definition) is 2. The molecule has 1 aromatic heterocycles. The number of rotatable bonds is 6. The standard InChI is InChI=1S/C27H35NOS/c1-7-28(8-2)26(29)22-13-12-21-17-23(30-25(21)18-22)16-19(3)11-14-24-20(4)10-9-15-27(24,5)6/h11-14,16-18H,7-10,15H2,1-6H3/b14-11+,19-16+. The molecule has 0 spiro atoms. The van der Waals surface area contributed by atoms with Crippen LogP contribution in [0.2, 0.25) is 0 Å². The Morgan fingerprint density at radius 2 is 1.93 bits per heavy atom. The zero-order chi connectivity index (χ0) is 21.9. The Bertz CT molecular complexity index is 1010. The summed E-state index contributed by atoms with van der Waals surface area (Å²) in [4.78, 5) is 15.8. The second kappa shape index (κ2) is 9.34. The molecule has 3 rings (SSSR count). The Morgan fingerprint density at radius 3 is 2.60 bits per heavy atom. The predicted molar refractivity (Wildman–Crippen MR) is 132 cm³/mol. The van der Waals surface area contributed by atoms with Crippen molar-refractivity contribution in [1.82, 2.24) is 4.90 Å². The van der Waals surface area contributed by atoms with Crippen molar-refractivity contribution in [3.05, 3.63) is 63.6 Å². The number of thiophene rings is 1. The molecule has 2 nitrogen and oxygen atoms in total. The van der Waals surface area contributed by atoms with Crippen molar-refractivity contribution in [2.24, 2.45) is 5.41 Å². The Hall–Kier alpha value is -2.13. The van der Waals surface area contributed by atoms with Gasteiger partial charge in [0.15, 0.2) is 0 Å². The lowest BCUT2D eigenvalue weighted by molar-refractivity contribution is 0.0773. The lowest BCUT2D eigenvalue weighted by Crippen LogP contribution is -2.30. The smallest absolute Gasteiger partial charge is 0.253 e. The van der Waals surface area contributed by atoms with E-state index in [1.54, 1.807) is 11.3 Å². The van der Waals surface area contributed by atoms with Crippen LogP contribution in [-0.2, 0) is 0 Å². The van der Waals surface area contributed by atoms with E-state index in [0.29, 0.717) is 0 Å². The highest BCUT2D eigenvalue weighted by molar-refractivity contribution is 7.19. The fourth-order valence-electron chi connectivity index (χ4n) is 4.45. The second-order valence-electron chi connectivity index (χ2n) is 9.03. The van der Waals surface area contributed by atoms with Gasteiger partial charge in [0.2, 0.25) is 0 Å². The van der Waals surface area contributed by atoms with E-state index in [1.807, 2.05) is 30.9 Å². The van der Waals surface area contributed by atoms with Crippen LogP contribution in [0.15, 0.2) is 53.1 Å². The molecule has 0 atom stereocenters. The third-order valence-electron chi connectivity index (χ3n) is 6.26. The molecule has 1 amide bonds. The first kappa shape index (κ1) is 22.6. The first-order valence-corrected chi connectivity index (χ1v) is 12.0.